The molecule has 0 aliphatic rings. The number of carbonyl (C=O) groups excluding carboxylic acids is 2. The van der Waals surface area contributed by atoms with E-state index in [2.05, 4.69) is 26.6 Å². The molecule has 1 aromatic rings. The van der Waals surface area contributed by atoms with E-state index in [9.17, 15) is 14.0 Å². The van der Waals surface area contributed by atoms with Gasteiger partial charge in [-0.3, -0.25) is 4.79 Å². The lowest BCUT2D eigenvalue weighted by molar-refractivity contribution is -0.123. The van der Waals surface area contributed by atoms with Crippen LogP contribution in [0.25, 0.3) is 0 Å². The predicted molar refractivity (Wildman–Crippen MR) is 85.5 cm³/mol. The van der Waals surface area contributed by atoms with Crippen molar-refractivity contribution in [1.82, 2.24) is 10.6 Å². The molecular weight excluding hydrogens is 361 g/mol. The maximum absolute atomic E-state index is 13.2. The molecule has 0 aliphatic heterocycles. The molecule has 21 heavy (non-hydrogen) atoms. The summed E-state index contributed by atoms with van der Waals surface area (Å²) in [5.74, 6) is -0.0183. The summed E-state index contributed by atoms with van der Waals surface area (Å²) in [6.45, 7) is 0.172. The van der Waals surface area contributed by atoms with E-state index in [0.29, 0.717) is 22.2 Å². The molecule has 8 heteroatoms. The third-order valence-corrected chi connectivity index (χ3v) is 3.73. The number of halogens is 2. The molecule has 4 N–H and O–H groups in total. The van der Waals surface area contributed by atoms with Gasteiger partial charge >= 0.3 is 6.03 Å². The first-order valence-electron chi connectivity index (χ1n) is 6.20. The SMILES string of the molecule is CSCCC(NC(N)=O)C(=O)NCc1cc(F)cc(Br)c1. The zero-order valence-corrected chi connectivity index (χ0v) is 13.9. The quantitative estimate of drug-likeness (QED) is 0.679. The van der Waals surface area contributed by atoms with Crippen LogP contribution in [0.5, 0.6) is 0 Å². The van der Waals surface area contributed by atoms with Crippen LogP contribution in [0.4, 0.5) is 9.18 Å². The topological polar surface area (TPSA) is 84.2 Å². The average Bonchev–Trinajstić information content (AvgIpc) is 2.39. The van der Waals surface area contributed by atoms with E-state index < -0.39 is 12.1 Å². The third kappa shape index (κ3) is 6.81. The lowest BCUT2D eigenvalue weighted by atomic mass is 10.2. The summed E-state index contributed by atoms with van der Waals surface area (Å²) in [5.41, 5.74) is 5.68. The van der Waals surface area contributed by atoms with Gasteiger partial charge in [-0.15, -0.1) is 0 Å². The van der Waals surface area contributed by atoms with Crippen LogP contribution in [-0.2, 0) is 11.3 Å². The maximum Gasteiger partial charge on any atom is 0.312 e. The van der Waals surface area contributed by atoms with Gasteiger partial charge in [0.2, 0.25) is 5.91 Å². The number of benzene rings is 1. The number of amides is 3. The van der Waals surface area contributed by atoms with Crippen molar-refractivity contribution >= 4 is 39.6 Å². The number of hydrogen-bond acceptors (Lipinski definition) is 3. The Morgan fingerprint density at radius 3 is 2.71 bits per heavy atom. The minimum Gasteiger partial charge on any atom is -0.352 e. The number of rotatable bonds is 7. The van der Waals surface area contributed by atoms with Gasteiger partial charge in [0.25, 0.3) is 0 Å². The van der Waals surface area contributed by atoms with Gasteiger partial charge in [0.1, 0.15) is 11.9 Å². The number of primary amides is 1. The van der Waals surface area contributed by atoms with Gasteiger partial charge in [0, 0.05) is 11.0 Å². The Hall–Kier alpha value is -1.28. The van der Waals surface area contributed by atoms with E-state index in [1.54, 1.807) is 17.8 Å². The van der Waals surface area contributed by atoms with Crippen molar-refractivity contribution in [3.63, 3.8) is 0 Å². The highest BCUT2D eigenvalue weighted by atomic mass is 79.9. The van der Waals surface area contributed by atoms with Crippen molar-refractivity contribution in [2.45, 2.75) is 19.0 Å². The fourth-order valence-electron chi connectivity index (χ4n) is 1.70. The summed E-state index contributed by atoms with van der Waals surface area (Å²) in [6.07, 6.45) is 2.38. The van der Waals surface area contributed by atoms with Crippen molar-refractivity contribution in [2.75, 3.05) is 12.0 Å². The summed E-state index contributed by atoms with van der Waals surface area (Å²) in [7, 11) is 0. The van der Waals surface area contributed by atoms with Crippen molar-refractivity contribution in [3.8, 4) is 0 Å². The third-order valence-electron chi connectivity index (χ3n) is 2.63. The predicted octanol–water partition coefficient (Wildman–Crippen LogP) is 1.99. The number of nitrogens with two attached hydrogens (primary N) is 1. The summed E-state index contributed by atoms with van der Waals surface area (Å²) >= 11 is 4.75. The highest BCUT2D eigenvalue weighted by molar-refractivity contribution is 9.10. The summed E-state index contributed by atoms with van der Waals surface area (Å²) in [6, 6.07) is 2.95. The molecular formula is C13H17BrFN3O2S. The van der Waals surface area contributed by atoms with Crippen LogP contribution in [0.15, 0.2) is 22.7 Å². The Kier molecular flexibility index (Phi) is 7.52. The number of nitrogens with one attached hydrogen (secondary N) is 2. The van der Waals surface area contributed by atoms with Crippen LogP contribution in [0.1, 0.15) is 12.0 Å². The zero-order chi connectivity index (χ0) is 15.8. The van der Waals surface area contributed by atoms with E-state index in [4.69, 9.17) is 5.73 Å². The van der Waals surface area contributed by atoms with Crippen LogP contribution < -0.4 is 16.4 Å². The molecule has 1 unspecified atom stereocenters. The smallest absolute Gasteiger partial charge is 0.312 e. The second-order valence-corrected chi connectivity index (χ2v) is 6.24. The van der Waals surface area contributed by atoms with Gasteiger partial charge in [-0.05, 0) is 42.2 Å². The fraction of sp³-hybridized carbons (Fsp3) is 0.385. The molecule has 116 valence electrons. The number of hydrogen-bond donors (Lipinski definition) is 3. The molecule has 0 aliphatic carbocycles. The van der Waals surface area contributed by atoms with Gasteiger partial charge in [0.05, 0.1) is 0 Å². The van der Waals surface area contributed by atoms with E-state index in [-0.39, 0.29) is 18.3 Å². The molecule has 3 amide bonds. The molecule has 1 atom stereocenters. The van der Waals surface area contributed by atoms with Gasteiger partial charge < -0.3 is 16.4 Å². The number of carbonyl (C=O) groups is 2. The number of urea groups is 1. The minimum atomic E-state index is -0.746. The largest absolute Gasteiger partial charge is 0.352 e. The van der Waals surface area contributed by atoms with E-state index in [1.165, 1.54) is 12.1 Å². The molecule has 0 fully saturated rings. The van der Waals surface area contributed by atoms with Crippen LogP contribution in [0, 0.1) is 5.82 Å². The van der Waals surface area contributed by atoms with Crippen molar-refractivity contribution < 1.29 is 14.0 Å². The standard InChI is InChI=1S/C13H17BrFN3O2S/c1-21-3-2-11(18-13(16)20)12(19)17-7-8-4-9(14)6-10(15)5-8/h4-6,11H,2-3,7H2,1H3,(H,17,19)(H3,16,18,20). The van der Waals surface area contributed by atoms with Crippen molar-refractivity contribution in [1.29, 1.82) is 0 Å². The van der Waals surface area contributed by atoms with Crippen LogP contribution in [-0.4, -0.2) is 30.0 Å². The highest BCUT2D eigenvalue weighted by Crippen LogP contribution is 2.14. The summed E-state index contributed by atoms with van der Waals surface area (Å²) in [4.78, 5) is 22.9. The molecule has 1 aromatic carbocycles. The maximum atomic E-state index is 13.2. The molecule has 0 saturated carbocycles. The Labute approximate surface area is 135 Å². The van der Waals surface area contributed by atoms with Crippen LogP contribution in [0.2, 0.25) is 0 Å². The molecule has 0 spiro atoms. The molecule has 5 nitrogen and oxygen atoms in total. The molecule has 0 radical (unpaired) electrons. The molecule has 0 aromatic heterocycles. The van der Waals surface area contributed by atoms with Crippen molar-refractivity contribution in [3.05, 3.63) is 34.1 Å². The second kappa shape index (κ2) is 8.89. The van der Waals surface area contributed by atoms with Gasteiger partial charge in [0.15, 0.2) is 0 Å². The molecule has 0 heterocycles. The Morgan fingerprint density at radius 1 is 1.43 bits per heavy atom. The fourth-order valence-corrected chi connectivity index (χ4v) is 2.69. The monoisotopic (exact) mass is 377 g/mol. The van der Waals surface area contributed by atoms with E-state index in [1.807, 2.05) is 6.26 Å². The lowest BCUT2D eigenvalue weighted by Gasteiger charge is -2.17. The highest BCUT2D eigenvalue weighted by Gasteiger charge is 2.19. The molecule has 0 bridgehead atoms. The minimum absolute atomic E-state index is 0.172. The van der Waals surface area contributed by atoms with E-state index in [0.717, 1.165) is 0 Å². The molecule has 1 rings (SSSR count). The van der Waals surface area contributed by atoms with Crippen LogP contribution in [0.3, 0.4) is 0 Å². The van der Waals surface area contributed by atoms with Gasteiger partial charge in [-0.1, -0.05) is 15.9 Å². The lowest BCUT2D eigenvalue weighted by Crippen LogP contribution is -2.48. The normalized spacial score (nSPS) is 11.8. The first-order valence-corrected chi connectivity index (χ1v) is 8.38. The number of thioether (sulfide) groups is 1. The average molecular weight is 378 g/mol. The first kappa shape index (κ1) is 17.8. The zero-order valence-electron chi connectivity index (χ0n) is 11.5. The van der Waals surface area contributed by atoms with Crippen LogP contribution >= 0.6 is 27.7 Å². The van der Waals surface area contributed by atoms with Crippen molar-refractivity contribution in [2.24, 2.45) is 5.73 Å². The van der Waals surface area contributed by atoms with E-state index >= 15 is 0 Å². The Balaban J connectivity index is 2.61. The molecule has 0 saturated heterocycles. The second-order valence-electron chi connectivity index (χ2n) is 4.34. The van der Waals surface area contributed by atoms with Gasteiger partial charge in [-0.2, -0.15) is 11.8 Å². The Bertz CT molecular complexity index is 496. The summed E-state index contributed by atoms with van der Waals surface area (Å²) < 4.78 is 13.8. The summed E-state index contributed by atoms with van der Waals surface area (Å²) in [5, 5.41) is 5.07. The Morgan fingerprint density at radius 2 is 2.14 bits per heavy atom. The van der Waals surface area contributed by atoms with Gasteiger partial charge in [-0.25, -0.2) is 9.18 Å². The first-order chi connectivity index (χ1) is 9.92.